The van der Waals surface area contributed by atoms with E-state index >= 15 is 0 Å². The van der Waals surface area contributed by atoms with Gasteiger partial charge >= 0.3 is 6.18 Å². The number of H-pyrrole nitrogens is 1. The van der Waals surface area contributed by atoms with Gasteiger partial charge in [0.05, 0.1) is 17.8 Å². The summed E-state index contributed by atoms with van der Waals surface area (Å²) in [6.07, 6.45) is -2.60. The lowest BCUT2D eigenvalue weighted by Crippen LogP contribution is -2.42. The monoisotopic (exact) mass is 421 g/mol. The first kappa shape index (κ1) is 20.9. The third kappa shape index (κ3) is 4.09. The van der Waals surface area contributed by atoms with Crippen molar-refractivity contribution >= 4 is 5.91 Å². The number of hydrogen-bond acceptors (Lipinski definition) is 4. The number of hydrazine groups is 1. The number of rotatable bonds is 4. The van der Waals surface area contributed by atoms with Gasteiger partial charge in [0, 0.05) is 31.7 Å². The summed E-state index contributed by atoms with van der Waals surface area (Å²) in [5, 5.41) is 9.36. The summed E-state index contributed by atoms with van der Waals surface area (Å²) >= 11 is 0. The van der Waals surface area contributed by atoms with Crippen LogP contribution in [0.3, 0.4) is 0 Å². The molecule has 1 fully saturated rings. The lowest BCUT2D eigenvalue weighted by Gasteiger charge is -2.33. The molecule has 0 spiro atoms. The number of amides is 1. The van der Waals surface area contributed by atoms with Crippen molar-refractivity contribution in [1.82, 2.24) is 25.5 Å². The number of piperidine rings is 1. The number of carbonyl (C=O) groups excluding carboxylic acids is 1. The highest BCUT2D eigenvalue weighted by atomic mass is 19.4. The number of aromatic nitrogens is 2. The summed E-state index contributed by atoms with van der Waals surface area (Å²) in [6, 6.07) is 5.77. The van der Waals surface area contributed by atoms with Crippen LogP contribution in [0.5, 0.6) is 0 Å². The Bertz CT molecular complexity index is 902. The minimum Gasteiger partial charge on any atom is -0.337 e. The van der Waals surface area contributed by atoms with Gasteiger partial charge in [0.2, 0.25) is 0 Å². The van der Waals surface area contributed by atoms with Gasteiger partial charge in [-0.1, -0.05) is 25.1 Å². The van der Waals surface area contributed by atoms with E-state index in [1.807, 2.05) is 6.92 Å². The molecule has 9 heteroatoms. The van der Waals surface area contributed by atoms with Crippen molar-refractivity contribution in [2.45, 2.75) is 44.8 Å². The summed E-state index contributed by atoms with van der Waals surface area (Å²) in [7, 11) is 0. The third-order valence-electron chi connectivity index (χ3n) is 6.01. The number of halogens is 3. The second-order valence-electron chi connectivity index (χ2n) is 7.86. The number of likely N-dealkylation sites (tertiary alicyclic amines) is 1. The number of fused-ring (bicyclic) bond motifs is 1. The van der Waals surface area contributed by atoms with Crippen LogP contribution in [0, 0.1) is 0 Å². The first-order valence-electron chi connectivity index (χ1n) is 10.4. The molecule has 0 aliphatic carbocycles. The van der Waals surface area contributed by atoms with Gasteiger partial charge in [0.1, 0.15) is 0 Å². The van der Waals surface area contributed by atoms with E-state index in [9.17, 15) is 18.0 Å². The number of carbonyl (C=O) groups is 1. The fourth-order valence-electron chi connectivity index (χ4n) is 4.51. The van der Waals surface area contributed by atoms with Gasteiger partial charge in [-0.3, -0.25) is 15.3 Å². The molecular weight excluding hydrogens is 395 g/mol. The number of alkyl halides is 3. The van der Waals surface area contributed by atoms with Crippen LogP contribution in [0.1, 0.15) is 58.6 Å². The molecule has 2 aliphatic heterocycles. The Morgan fingerprint density at radius 3 is 2.67 bits per heavy atom. The maximum Gasteiger partial charge on any atom is 0.416 e. The zero-order valence-electron chi connectivity index (χ0n) is 16.9. The van der Waals surface area contributed by atoms with E-state index in [0.717, 1.165) is 36.8 Å². The largest absolute Gasteiger partial charge is 0.416 e. The minimum absolute atomic E-state index is 0.132. The molecule has 2 N–H and O–H groups in total. The lowest BCUT2D eigenvalue weighted by molar-refractivity contribution is -0.138. The zero-order chi connectivity index (χ0) is 21.3. The highest BCUT2D eigenvalue weighted by Gasteiger charge is 2.36. The molecule has 30 heavy (non-hydrogen) atoms. The van der Waals surface area contributed by atoms with E-state index in [0.29, 0.717) is 43.7 Å². The molecule has 1 amide bonds. The van der Waals surface area contributed by atoms with Crippen LogP contribution in [0.2, 0.25) is 0 Å². The Hall–Kier alpha value is -2.39. The van der Waals surface area contributed by atoms with Crippen molar-refractivity contribution in [3.8, 4) is 0 Å². The van der Waals surface area contributed by atoms with E-state index in [1.54, 1.807) is 17.0 Å². The van der Waals surface area contributed by atoms with Crippen molar-refractivity contribution in [2.24, 2.45) is 0 Å². The minimum atomic E-state index is -4.36. The van der Waals surface area contributed by atoms with Crippen LogP contribution in [-0.2, 0) is 19.1 Å². The van der Waals surface area contributed by atoms with Crippen molar-refractivity contribution in [2.75, 3.05) is 26.2 Å². The van der Waals surface area contributed by atoms with Gasteiger partial charge in [-0.25, -0.2) is 5.01 Å². The zero-order valence-corrected chi connectivity index (χ0v) is 16.9. The van der Waals surface area contributed by atoms with Crippen molar-refractivity contribution in [3.05, 3.63) is 52.3 Å². The second kappa shape index (κ2) is 8.39. The molecule has 0 unspecified atom stereocenters. The Morgan fingerprint density at radius 2 is 1.97 bits per heavy atom. The number of benzene rings is 1. The molecule has 6 nitrogen and oxygen atoms in total. The quantitative estimate of drug-likeness (QED) is 0.795. The molecule has 2 aromatic rings. The van der Waals surface area contributed by atoms with Crippen LogP contribution in [-0.4, -0.2) is 52.2 Å². The van der Waals surface area contributed by atoms with E-state index in [-0.39, 0.29) is 11.8 Å². The molecule has 0 bridgehead atoms. The van der Waals surface area contributed by atoms with E-state index in [1.165, 1.54) is 6.07 Å². The fourth-order valence-corrected chi connectivity index (χ4v) is 4.51. The third-order valence-corrected chi connectivity index (χ3v) is 6.01. The fraction of sp³-hybridized carbons (Fsp3) is 0.524. The molecule has 0 saturated carbocycles. The molecule has 1 saturated heterocycles. The number of nitrogens with one attached hydrogen (secondary N) is 2. The average molecular weight is 421 g/mol. The summed E-state index contributed by atoms with van der Waals surface area (Å²) in [4.78, 5) is 14.8. The molecular formula is C21H26F3N5O. The standard InChI is InChI=1S/C21H26F3N5O/c1-2-25-29-12-9-16-18(13-29)26-27-19(16)20(30)28-10-7-14(8-11-28)15-5-3-4-6-17(15)21(22,23)24/h3-6,14,25H,2,7-13H2,1H3,(H,26,27). The first-order chi connectivity index (χ1) is 14.4. The Morgan fingerprint density at radius 1 is 1.23 bits per heavy atom. The van der Waals surface area contributed by atoms with Gasteiger partial charge in [0.25, 0.3) is 5.91 Å². The van der Waals surface area contributed by atoms with Gasteiger partial charge in [-0.15, -0.1) is 0 Å². The Balaban J connectivity index is 1.43. The number of aromatic amines is 1. The molecule has 162 valence electrons. The average Bonchev–Trinajstić information content (AvgIpc) is 3.16. The van der Waals surface area contributed by atoms with Crippen LogP contribution < -0.4 is 5.43 Å². The number of hydrogen-bond donors (Lipinski definition) is 2. The van der Waals surface area contributed by atoms with Crippen molar-refractivity contribution < 1.29 is 18.0 Å². The van der Waals surface area contributed by atoms with E-state index < -0.39 is 11.7 Å². The highest BCUT2D eigenvalue weighted by molar-refractivity contribution is 5.94. The molecule has 0 atom stereocenters. The molecule has 1 aromatic heterocycles. The molecule has 2 aliphatic rings. The summed E-state index contributed by atoms with van der Waals surface area (Å²) < 4.78 is 40.0. The van der Waals surface area contributed by atoms with Gasteiger partial charge < -0.3 is 4.90 Å². The Kier molecular flexibility index (Phi) is 5.84. The van der Waals surface area contributed by atoms with Crippen LogP contribution in [0.25, 0.3) is 0 Å². The van der Waals surface area contributed by atoms with E-state index in [2.05, 4.69) is 20.6 Å². The van der Waals surface area contributed by atoms with Gasteiger partial charge in [-0.05, 0) is 36.8 Å². The van der Waals surface area contributed by atoms with Crippen LogP contribution >= 0.6 is 0 Å². The van der Waals surface area contributed by atoms with Crippen LogP contribution in [0.4, 0.5) is 13.2 Å². The lowest BCUT2D eigenvalue weighted by atomic mass is 9.86. The Labute approximate surface area is 173 Å². The van der Waals surface area contributed by atoms with Gasteiger partial charge in [-0.2, -0.15) is 18.3 Å². The molecule has 1 aromatic carbocycles. The van der Waals surface area contributed by atoms with E-state index in [4.69, 9.17) is 0 Å². The molecule has 0 radical (unpaired) electrons. The maximum atomic E-state index is 13.3. The molecule has 3 heterocycles. The highest BCUT2D eigenvalue weighted by Crippen LogP contribution is 2.38. The topological polar surface area (TPSA) is 64.3 Å². The number of nitrogens with zero attached hydrogens (tertiary/aromatic N) is 3. The smallest absolute Gasteiger partial charge is 0.337 e. The van der Waals surface area contributed by atoms with Crippen molar-refractivity contribution in [1.29, 1.82) is 0 Å². The predicted molar refractivity (Wildman–Crippen MR) is 106 cm³/mol. The predicted octanol–water partition coefficient (Wildman–Crippen LogP) is 3.33. The summed E-state index contributed by atoms with van der Waals surface area (Å²) in [5.41, 5.74) is 5.39. The second-order valence-corrected chi connectivity index (χ2v) is 7.86. The SMILES string of the molecule is CCNN1CCc2c(C(=O)N3CCC(c4ccccc4C(F)(F)F)CC3)n[nH]c2C1. The van der Waals surface area contributed by atoms with Crippen molar-refractivity contribution in [3.63, 3.8) is 0 Å². The summed E-state index contributed by atoms with van der Waals surface area (Å²) in [6.45, 7) is 5.20. The maximum absolute atomic E-state index is 13.3. The first-order valence-corrected chi connectivity index (χ1v) is 10.4. The normalized spacial score (nSPS) is 18.5. The van der Waals surface area contributed by atoms with Crippen LogP contribution in [0.15, 0.2) is 24.3 Å². The molecule has 4 rings (SSSR count). The summed E-state index contributed by atoms with van der Waals surface area (Å²) in [5.74, 6) is -0.333. The van der Waals surface area contributed by atoms with Gasteiger partial charge in [0.15, 0.2) is 5.69 Å².